The molecule has 1 amide bonds. The Morgan fingerprint density at radius 1 is 1.53 bits per heavy atom. The van der Waals surface area contributed by atoms with E-state index in [-0.39, 0.29) is 5.91 Å². The van der Waals surface area contributed by atoms with Crippen LogP contribution in [0, 0.1) is 6.92 Å². The predicted octanol–water partition coefficient (Wildman–Crippen LogP) is 2.12. The lowest BCUT2D eigenvalue weighted by Crippen LogP contribution is -2.13. The van der Waals surface area contributed by atoms with Gasteiger partial charge in [0, 0.05) is 23.2 Å². The second-order valence-electron chi connectivity index (χ2n) is 4.07. The number of nitrogens with two attached hydrogens (primary N) is 1. The van der Waals surface area contributed by atoms with Crippen LogP contribution in [0.4, 0.5) is 5.13 Å². The van der Waals surface area contributed by atoms with Crippen LogP contribution in [-0.2, 0) is 13.0 Å². The molecule has 0 saturated heterocycles. The van der Waals surface area contributed by atoms with Gasteiger partial charge in [0.05, 0.1) is 11.4 Å². The number of carbonyl (C=O) groups is 1. The van der Waals surface area contributed by atoms with Crippen molar-refractivity contribution in [2.24, 2.45) is 5.73 Å². The van der Waals surface area contributed by atoms with E-state index in [0.29, 0.717) is 22.9 Å². The maximum atomic E-state index is 12.1. The molecule has 0 saturated carbocycles. The molecule has 0 unspecified atom stereocenters. The summed E-state index contributed by atoms with van der Waals surface area (Å²) in [6, 6.07) is 3.35. The van der Waals surface area contributed by atoms with Crippen LogP contribution in [0.15, 0.2) is 18.3 Å². The largest absolute Gasteiger partial charge is 0.325 e. The van der Waals surface area contributed by atoms with Gasteiger partial charge in [0.2, 0.25) is 0 Å². The number of rotatable bonds is 4. The summed E-state index contributed by atoms with van der Waals surface area (Å²) in [5, 5.41) is 3.43. The number of anilines is 1. The maximum Gasteiger partial charge on any atom is 0.257 e. The van der Waals surface area contributed by atoms with Gasteiger partial charge in [-0.25, -0.2) is 4.98 Å². The number of aryl methyl sites for hydroxylation is 2. The minimum Gasteiger partial charge on any atom is -0.325 e. The lowest BCUT2D eigenvalue weighted by molar-refractivity contribution is 0.102. The van der Waals surface area contributed by atoms with Crippen LogP contribution in [0.1, 0.15) is 33.5 Å². The van der Waals surface area contributed by atoms with E-state index in [1.54, 1.807) is 18.3 Å². The number of pyridine rings is 1. The van der Waals surface area contributed by atoms with E-state index in [0.717, 1.165) is 17.0 Å². The zero-order valence-electron chi connectivity index (χ0n) is 10.9. The Morgan fingerprint density at radius 3 is 2.95 bits per heavy atom. The summed E-state index contributed by atoms with van der Waals surface area (Å²) in [5.74, 6) is -0.187. The first kappa shape index (κ1) is 13.6. The topological polar surface area (TPSA) is 80.9 Å². The molecule has 2 aromatic heterocycles. The van der Waals surface area contributed by atoms with Crippen molar-refractivity contribution in [3.63, 3.8) is 0 Å². The number of amides is 1. The fourth-order valence-electron chi connectivity index (χ4n) is 1.71. The fraction of sp³-hybridized carbons (Fsp3) is 0.308. The molecule has 6 heteroatoms. The van der Waals surface area contributed by atoms with Gasteiger partial charge in [-0.15, -0.1) is 11.3 Å². The molecule has 2 aromatic rings. The highest BCUT2D eigenvalue weighted by Gasteiger charge is 2.11. The van der Waals surface area contributed by atoms with Gasteiger partial charge in [-0.05, 0) is 25.5 Å². The Labute approximate surface area is 115 Å². The number of carbonyl (C=O) groups excluding carboxylic acids is 1. The SMILES string of the molecule is CCc1nc(NC(=O)c2ccnc(CN)c2)sc1C. The number of hydrogen-bond donors (Lipinski definition) is 2. The van der Waals surface area contributed by atoms with Gasteiger partial charge in [-0.2, -0.15) is 0 Å². The van der Waals surface area contributed by atoms with Crippen LogP contribution >= 0.6 is 11.3 Å². The van der Waals surface area contributed by atoms with E-state index in [4.69, 9.17) is 5.73 Å². The van der Waals surface area contributed by atoms with E-state index < -0.39 is 0 Å². The molecule has 0 bridgehead atoms. The molecule has 5 nitrogen and oxygen atoms in total. The molecular formula is C13H16N4OS. The Balaban J connectivity index is 2.15. The number of nitrogens with one attached hydrogen (secondary N) is 1. The first-order valence-corrected chi connectivity index (χ1v) is 6.88. The third-order valence-electron chi connectivity index (χ3n) is 2.74. The van der Waals surface area contributed by atoms with Crippen molar-refractivity contribution < 1.29 is 4.79 Å². The number of hydrogen-bond acceptors (Lipinski definition) is 5. The lowest BCUT2D eigenvalue weighted by Gasteiger charge is -2.02. The summed E-state index contributed by atoms with van der Waals surface area (Å²) in [7, 11) is 0. The molecule has 0 aliphatic heterocycles. The minimum absolute atomic E-state index is 0.187. The Morgan fingerprint density at radius 2 is 2.32 bits per heavy atom. The Hall–Kier alpha value is -1.79. The Kier molecular flexibility index (Phi) is 4.24. The third kappa shape index (κ3) is 3.15. The van der Waals surface area contributed by atoms with E-state index in [1.165, 1.54) is 11.3 Å². The van der Waals surface area contributed by atoms with Crippen molar-refractivity contribution in [3.8, 4) is 0 Å². The molecular weight excluding hydrogens is 260 g/mol. The molecule has 2 heterocycles. The summed E-state index contributed by atoms with van der Waals surface area (Å²) in [4.78, 5) is 21.7. The predicted molar refractivity (Wildman–Crippen MR) is 76.3 cm³/mol. The molecule has 0 aliphatic rings. The smallest absolute Gasteiger partial charge is 0.257 e. The van der Waals surface area contributed by atoms with Crippen LogP contribution in [0.2, 0.25) is 0 Å². The van der Waals surface area contributed by atoms with E-state index in [2.05, 4.69) is 15.3 Å². The van der Waals surface area contributed by atoms with Gasteiger partial charge < -0.3 is 5.73 Å². The lowest BCUT2D eigenvalue weighted by atomic mass is 10.2. The average molecular weight is 276 g/mol. The quantitative estimate of drug-likeness (QED) is 0.896. The standard InChI is InChI=1S/C13H16N4OS/c1-3-11-8(2)19-13(16-11)17-12(18)9-4-5-15-10(6-9)7-14/h4-6H,3,7,14H2,1-2H3,(H,16,17,18). The highest BCUT2D eigenvalue weighted by atomic mass is 32.1. The second kappa shape index (κ2) is 5.90. The first-order chi connectivity index (χ1) is 9.13. The zero-order valence-corrected chi connectivity index (χ0v) is 11.8. The first-order valence-electron chi connectivity index (χ1n) is 6.06. The molecule has 0 spiro atoms. The van der Waals surface area contributed by atoms with Crippen LogP contribution in [-0.4, -0.2) is 15.9 Å². The van der Waals surface area contributed by atoms with Crippen molar-refractivity contribution >= 4 is 22.4 Å². The van der Waals surface area contributed by atoms with Crippen LogP contribution in [0.5, 0.6) is 0 Å². The monoisotopic (exact) mass is 276 g/mol. The normalized spacial score (nSPS) is 10.5. The molecule has 3 N–H and O–H groups in total. The number of thiazole rings is 1. The van der Waals surface area contributed by atoms with Crippen molar-refractivity contribution in [1.29, 1.82) is 0 Å². The molecule has 2 rings (SSSR count). The van der Waals surface area contributed by atoms with Crippen LogP contribution in [0.25, 0.3) is 0 Å². The molecule has 0 aromatic carbocycles. The van der Waals surface area contributed by atoms with Crippen molar-refractivity contribution in [3.05, 3.63) is 40.2 Å². The van der Waals surface area contributed by atoms with Gasteiger partial charge >= 0.3 is 0 Å². The summed E-state index contributed by atoms with van der Waals surface area (Å²) in [6.45, 7) is 4.37. The van der Waals surface area contributed by atoms with Gasteiger partial charge in [-0.3, -0.25) is 15.1 Å². The number of nitrogens with zero attached hydrogens (tertiary/aromatic N) is 2. The Bertz CT molecular complexity index is 594. The maximum absolute atomic E-state index is 12.1. The number of aromatic nitrogens is 2. The van der Waals surface area contributed by atoms with E-state index in [1.807, 2.05) is 13.8 Å². The minimum atomic E-state index is -0.187. The summed E-state index contributed by atoms with van der Waals surface area (Å²) < 4.78 is 0. The molecule has 0 fully saturated rings. The molecule has 0 radical (unpaired) electrons. The highest BCUT2D eigenvalue weighted by Crippen LogP contribution is 2.22. The van der Waals surface area contributed by atoms with Crippen molar-refractivity contribution in [2.45, 2.75) is 26.8 Å². The van der Waals surface area contributed by atoms with E-state index in [9.17, 15) is 4.79 Å². The zero-order chi connectivity index (χ0) is 13.8. The second-order valence-corrected chi connectivity index (χ2v) is 5.27. The molecule has 0 aliphatic carbocycles. The van der Waals surface area contributed by atoms with Gasteiger partial charge in [-0.1, -0.05) is 6.92 Å². The van der Waals surface area contributed by atoms with Crippen molar-refractivity contribution in [1.82, 2.24) is 9.97 Å². The van der Waals surface area contributed by atoms with Crippen LogP contribution < -0.4 is 11.1 Å². The van der Waals surface area contributed by atoms with Gasteiger partial charge in [0.1, 0.15) is 0 Å². The third-order valence-corrected chi connectivity index (χ3v) is 3.66. The van der Waals surface area contributed by atoms with Gasteiger partial charge in [0.15, 0.2) is 5.13 Å². The summed E-state index contributed by atoms with van der Waals surface area (Å²) in [6.07, 6.45) is 2.45. The fourth-order valence-corrected chi connectivity index (χ4v) is 2.61. The summed E-state index contributed by atoms with van der Waals surface area (Å²) >= 11 is 1.49. The van der Waals surface area contributed by atoms with Gasteiger partial charge in [0.25, 0.3) is 5.91 Å². The molecule has 19 heavy (non-hydrogen) atoms. The van der Waals surface area contributed by atoms with Crippen molar-refractivity contribution in [2.75, 3.05) is 5.32 Å². The average Bonchev–Trinajstić information content (AvgIpc) is 2.78. The molecule has 100 valence electrons. The highest BCUT2D eigenvalue weighted by molar-refractivity contribution is 7.15. The van der Waals surface area contributed by atoms with E-state index >= 15 is 0 Å². The molecule has 0 atom stereocenters. The summed E-state index contributed by atoms with van der Waals surface area (Å²) in [5.41, 5.74) is 7.77. The van der Waals surface area contributed by atoms with Crippen LogP contribution in [0.3, 0.4) is 0 Å².